The Morgan fingerprint density at radius 3 is 2.61 bits per heavy atom. The number of hydrogen-bond donors (Lipinski definition) is 4. The Morgan fingerprint density at radius 2 is 2.06 bits per heavy atom. The highest BCUT2D eigenvalue weighted by atomic mass is 32.2. The van der Waals surface area contributed by atoms with Crippen LogP contribution in [0.25, 0.3) is 0 Å². The average Bonchev–Trinajstić information content (AvgIpc) is 3.30. The van der Waals surface area contributed by atoms with Crippen LogP contribution in [-0.4, -0.2) is 72.9 Å². The second-order valence-corrected chi connectivity index (χ2v) is 11.1. The van der Waals surface area contributed by atoms with E-state index >= 15 is 0 Å². The van der Waals surface area contributed by atoms with Gasteiger partial charge in [-0.25, -0.2) is 36.1 Å². The highest BCUT2D eigenvalue weighted by Crippen LogP contribution is 2.36. The molecule has 15 heteroatoms. The second-order valence-electron chi connectivity index (χ2n) is 7.86. The number of rotatable bonds is 9. The Hall–Kier alpha value is -2.04. The van der Waals surface area contributed by atoms with E-state index in [-0.39, 0.29) is 55.7 Å². The molecule has 2 aliphatic heterocycles. The third kappa shape index (κ3) is 5.55. The highest BCUT2D eigenvalue weighted by Gasteiger charge is 2.36. The van der Waals surface area contributed by atoms with Crippen molar-refractivity contribution in [2.75, 3.05) is 37.7 Å². The summed E-state index contributed by atoms with van der Waals surface area (Å²) in [7, 11) is -9.03. The van der Waals surface area contributed by atoms with Gasteiger partial charge in [0.15, 0.2) is 12.5 Å². The standard InChI is InChI=1S/C18H28FN7O5S2/c1-2-12(27)8-24-33(30,31)15-4-3-14(26-6-5-11(7-20)13(19)9-26)16(17(15)32(21,28)29)18-22-10-23-25-18/h3-4,11-13,24,27H,2,5-10,20H2,1H3,(H2,21,28,29)/t11-,12-,13+/m1/s1. The molecule has 6 N–H and O–H groups in total. The van der Waals surface area contributed by atoms with Crippen molar-refractivity contribution in [3.05, 3.63) is 17.7 Å². The molecule has 12 nitrogen and oxygen atoms in total. The van der Waals surface area contributed by atoms with Gasteiger partial charge in [0.25, 0.3) is 0 Å². The van der Waals surface area contributed by atoms with Crippen molar-refractivity contribution < 1.29 is 26.3 Å². The first-order valence-electron chi connectivity index (χ1n) is 10.4. The number of aliphatic hydroxyl groups is 1. The van der Waals surface area contributed by atoms with Crippen LogP contribution in [0.5, 0.6) is 0 Å². The molecule has 3 atom stereocenters. The molecule has 33 heavy (non-hydrogen) atoms. The molecule has 1 aromatic carbocycles. The monoisotopic (exact) mass is 505 g/mol. The van der Waals surface area contributed by atoms with Crippen LogP contribution < -0.4 is 20.5 Å². The van der Waals surface area contributed by atoms with E-state index in [1.165, 1.54) is 6.07 Å². The highest BCUT2D eigenvalue weighted by molar-refractivity contribution is 7.92. The Bertz CT molecular complexity index is 1160. The van der Waals surface area contributed by atoms with E-state index in [1.807, 2.05) is 0 Å². The van der Waals surface area contributed by atoms with Gasteiger partial charge >= 0.3 is 0 Å². The molecule has 0 bridgehead atoms. The summed E-state index contributed by atoms with van der Waals surface area (Å²) < 4.78 is 68.1. The first-order valence-corrected chi connectivity index (χ1v) is 13.4. The molecule has 0 radical (unpaired) electrons. The zero-order valence-electron chi connectivity index (χ0n) is 18.1. The Kier molecular flexibility index (Phi) is 7.80. The first kappa shape index (κ1) is 25.6. The van der Waals surface area contributed by atoms with Gasteiger partial charge in [0, 0.05) is 31.2 Å². The van der Waals surface area contributed by atoms with Crippen LogP contribution in [0.1, 0.15) is 25.3 Å². The molecular weight excluding hydrogens is 477 g/mol. The number of halogens is 1. The maximum absolute atomic E-state index is 14.6. The molecule has 0 aromatic heterocycles. The number of primary sulfonamides is 1. The topological polar surface area (TPSA) is 193 Å². The molecule has 2 heterocycles. The fourth-order valence-corrected chi connectivity index (χ4v) is 6.42. The van der Waals surface area contributed by atoms with Gasteiger partial charge in [-0.1, -0.05) is 6.92 Å². The summed E-state index contributed by atoms with van der Waals surface area (Å²) >= 11 is 0. The first-order chi connectivity index (χ1) is 15.5. The van der Waals surface area contributed by atoms with Gasteiger partial charge < -0.3 is 15.7 Å². The van der Waals surface area contributed by atoms with Gasteiger partial charge in [0.1, 0.15) is 16.0 Å². The lowest BCUT2D eigenvalue weighted by Gasteiger charge is -2.37. The number of alkyl halides is 1. The van der Waals surface area contributed by atoms with E-state index in [2.05, 4.69) is 19.9 Å². The molecule has 3 rings (SSSR count). The summed E-state index contributed by atoms with van der Waals surface area (Å²) in [5.41, 5.74) is 5.69. The van der Waals surface area contributed by atoms with Crippen molar-refractivity contribution in [3.63, 3.8) is 0 Å². The minimum absolute atomic E-state index is 0.0717. The number of aliphatic imine (C=N–C) groups is 1. The number of nitrogens with zero attached hydrogens (tertiary/aromatic N) is 4. The fourth-order valence-electron chi connectivity index (χ4n) is 3.75. The molecule has 1 fully saturated rings. The molecule has 0 unspecified atom stereocenters. The van der Waals surface area contributed by atoms with E-state index in [0.29, 0.717) is 13.0 Å². The summed E-state index contributed by atoms with van der Waals surface area (Å²) in [5, 5.41) is 22.8. The Morgan fingerprint density at radius 1 is 1.33 bits per heavy atom. The van der Waals surface area contributed by atoms with Crippen LogP contribution >= 0.6 is 0 Å². The van der Waals surface area contributed by atoms with Crippen molar-refractivity contribution in [1.29, 1.82) is 0 Å². The normalized spacial score (nSPS) is 22.5. The van der Waals surface area contributed by atoms with Crippen molar-refractivity contribution in [2.45, 2.75) is 41.8 Å². The van der Waals surface area contributed by atoms with Gasteiger partial charge in [-0.2, -0.15) is 5.11 Å². The number of benzene rings is 1. The second kappa shape index (κ2) is 10.1. The number of sulfonamides is 2. The molecular formula is C18H28FN7O5S2. The Balaban J connectivity index is 2.19. The van der Waals surface area contributed by atoms with Crippen molar-refractivity contribution in [3.8, 4) is 0 Å². The third-order valence-corrected chi connectivity index (χ3v) is 8.23. The van der Waals surface area contributed by atoms with E-state index < -0.39 is 42.1 Å². The average molecular weight is 506 g/mol. The van der Waals surface area contributed by atoms with E-state index in [1.54, 1.807) is 11.8 Å². The number of amidine groups is 1. The molecule has 2 aliphatic rings. The molecule has 0 saturated carbocycles. The van der Waals surface area contributed by atoms with E-state index in [9.17, 15) is 26.3 Å². The predicted molar refractivity (Wildman–Crippen MR) is 120 cm³/mol. The van der Waals surface area contributed by atoms with E-state index in [0.717, 1.165) is 6.07 Å². The molecule has 184 valence electrons. The number of nitrogens with one attached hydrogen (secondary N) is 1. The van der Waals surface area contributed by atoms with Crippen LogP contribution in [-0.2, 0) is 20.0 Å². The molecule has 0 spiro atoms. The number of aliphatic hydroxyl groups excluding tert-OH is 1. The predicted octanol–water partition coefficient (Wildman–Crippen LogP) is -0.324. The largest absolute Gasteiger partial charge is 0.392 e. The number of azo groups is 1. The summed E-state index contributed by atoms with van der Waals surface area (Å²) in [6.07, 6.45) is -1.52. The van der Waals surface area contributed by atoms with Crippen LogP contribution in [0.4, 0.5) is 10.1 Å². The van der Waals surface area contributed by atoms with Crippen LogP contribution in [0, 0.1) is 5.92 Å². The molecule has 1 saturated heterocycles. The maximum atomic E-state index is 14.6. The third-order valence-electron chi connectivity index (χ3n) is 5.65. The van der Waals surface area contributed by atoms with Crippen LogP contribution in [0.2, 0.25) is 0 Å². The van der Waals surface area contributed by atoms with Crippen molar-refractivity contribution in [2.24, 2.45) is 32.0 Å². The zero-order chi connectivity index (χ0) is 24.4. The zero-order valence-corrected chi connectivity index (χ0v) is 19.7. The summed E-state index contributed by atoms with van der Waals surface area (Å²) in [4.78, 5) is 4.33. The number of nitrogens with two attached hydrogens (primary N) is 2. The van der Waals surface area contributed by atoms with Gasteiger partial charge in [-0.15, -0.1) is 5.11 Å². The molecule has 0 amide bonds. The van der Waals surface area contributed by atoms with Crippen LogP contribution in [0.15, 0.2) is 37.1 Å². The van der Waals surface area contributed by atoms with Gasteiger partial charge in [-0.05, 0) is 31.5 Å². The van der Waals surface area contributed by atoms with Gasteiger partial charge in [-0.3, -0.25) is 0 Å². The van der Waals surface area contributed by atoms with Crippen molar-refractivity contribution >= 4 is 31.6 Å². The number of anilines is 1. The lowest BCUT2D eigenvalue weighted by atomic mass is 9.94. The lowest BCUT2D eigenvalue weighted by Crippen LogP contribution is -2.45. The molecule has 1 aromatic rings. The fraction of sp³-hybridized carbons (Fsp3) is 0.611. The van der Waals surface area contributed by atoms with Crippen molar-refractivity contribution in [1.82, 2.24) is 4.72 Å². The Labute approximate surface area is 192 Å². The minimum Gasteiger partial charge on any atom is -0.392 e. The summed E-state index contributed by atoms with van der Waals surface area (Å²) in [5.74, 6) is -0.448. The maximum Gasteiger partial charge on any atom is 0.242 e. The minimum atomic E-state index is -4.62. The van der Waals surface area contributed by atoms with E-state index in [4.69, 9.17) is 10.9 Å². The molecule has 0 aliphatic carbocycles. The van der Waals surface area contributed by atoms with Gasteiger partial charge in [0.2, 0.25) is 20.0 Å². The number of piperidine rings is 1. The SMILES string of the molecule is CC[C@@H](O)CNS(=O)(=O)c1ccc(N2CC[C@H](CN)[C@@H](F)C2)c(C2=NCN=N2)c1S(N)(=O)=O. The number of hydrogen-bond acceptors (Lipinski definition) is 10. The summed E-state index contributed by atoms with van der Waals surface area (Å²) in [6, 6.07) is 2.47. The smallest absolute Gasteiger partial charge is 0.242 e. The quantitative estimate of drug-likeness (QED) is 0.353. The van der Waals surface area contributed by atoms with Gasteiger partial charge in [0.05, 0.1) is 11.7 Å². The van der Waals surface area contributed by atoms with Crippen LogP contribution in [0.3, 0.4) is 0 Å². The summed E-state index contributed by atoms with van der Waals surface area (Å²) in [6.45, 7) is 1.73. The lowest BCUT2D eigenvalue weighted by molar-refractivity contribution is 0.174.